The van der Waals surface area contributed by atoms with Gasteiger partial charge in [-0.2, -0.15) is 0 Å². The maximum Gasteiger partial charge on any atom is 0.333 e. The Labute approximate surface area is 275 Å². The third-order valence-electron chi connectivity index (χ3n) is 7.40. The van der Waals surface area contributed by atoms with Crippen molar-refractivity contribution < 1.29 is 19.1 Å². The highest BCUT2D eigenvalue weighted by Crippen LogP contribution is 2.27. The molecule has 2 rings (SSSR count). The van der Waals surface area contributed by atoms with Crippen LogP contribution in [0.25, 0.3) is 0 Å². The fraction of sp³-hybridized carbons (Fsp3) is 0.421. The minimum atomic E-state index is -0.215. The van der Waals surface area contributed by atoms with Crippen molar-refractivity contribution in [1.29, 1.82) is 0 Å². The van der Waals surface area contributed by atoms with E-state index in [2.05, 4.69) is 81.5 Å². The predicted molar refractivity (Wildman–Crippen MR) is 189 cm³/mol. The monoisotopic (exact) mass is 636 g/mol. The van der Waals surface area contributed by atoms with Gasteiger partial charge in [0, 0.05) is 15.4 Å². The van der Waals surface area contributed by atoms with E-state index in [1.54, 1.807) is 29.6 Å². The molecule has 240 valence electrons. The number of methoxy groups -OCH3 is 2. The molecule has 0 fully saturated rings. The number of hydrogen-bond donors (Lipinski definition) is 0. The number of allylic oxidation sites excluding steroid dienone is 3. The average molecular weight is 637 g/mol. The molecule has 44 heavy (non-hydrogen) atoms. The van der Waals surface area contributed by atoms with Gasteiger partial charge in [-0.3, -0.25) is 4.79 Å². The molecule has 6 heteroatoms. The van der Waals surface area contributed by atoms with Gasteiger partial charge in [-0.25, -0.2) is 4.79 Å². The van der Waals surface area contributed by atoms with Crippen molar-refractivity contribution in [2.75, 3.05) is 14.2 Å². The summed E-state index contributed by atoms with van der Waals surface area (Å²) in [7, 11) is 2.86. The molecular weight excluding hydrogens is 585 g/mol. The first-order chi connectivity index (χ1) is 21.2. The Morgan fingerprint density at radius 3 is 1.61 bits per heavy atom. The first kappa shape index (κ1) is 39.1. The van der Waals surface area contributed by atoms with Gasteiger partial charge in [-0.1, -0.05) is 112 Å². The van der Waals surface area contributed by atoms with E-state index < -0.39 is 0 Å². The highest BCUT2D eigenvalue weighted by atomic mass is 32.2. The first-order valence-corrected chi connectivity index (χ1v) is 17.1. The molecule has 0 saturated carbocycles. The van der Waals surface area contributed by atoms with Crippen LogP contribution in [-0.4, -0.2) is 26.2 Å². The Morgan fingerprint density at radius 2 is 1.23 bits per heavy atom. The molecule has 0 aromatic heterocycles. The molecular formula is C38H52O4S2. The van der Waals surface area contributed by atoms with E-state index in [-0.39, 0.29) is 17.9 Å². The van der Waals surface area contributed by atoms with E-state index in [9.17, 15) is 9.59 Å². The SMILES string of the molecule is C/C=C(/CC[C@H](/C=C/Sc1ccccc1)C(C)C)C(=O)OC.C=CC(CC[C@H](/C=C/Sc1ccccc1)C(C)C)C(=O)OC. The summed E-state index contributed by atoms with van der Waals surface area (Å²) in [6, 6.07) is 20.6. The number of benzene rings is 2. The molecule has 1 unspecified atom stereocenters. The van der Waals surface area contributed by atoms with E-state index in [0.717, 1.165) is 31.3 Å². The van der Waals surface area contributed by atoms with Crippen molar-refractivity contribution in [2.45, 2.75) is 70.1 Å². The van der Waals surface area contributed by atoms with Gasteiger partial charge in [0.25, 0.3) is 0 Å². The van der Waals surface area contributed by atoms with Crippen LogP contribution in [0.2, 0.25) is 0 Å². The Bertz CT molecular complexity index is 1170. The third-order valence-corrected chi connectivity index (χ3v) is 9.08. The lowest BCUT2D eigenvalue weighted by Gasteiger charge is -2.19. The Kier molecular flexibility index (Phi) is 20.8. The molecule has 0 spiro atoms. The molecule has 0 aliphatic carbocycles. The van der Waals surface area contributed by atoms with Crippen molar-refractivity contribution in [1.82, 2.24) is 0 Å². The first-order valence-electron chi connectivity index (χ1n) is 15.4. The summed E-state index contributed by atoms with van der Waals surface area (Å²) < 4.78 is 9.61. The van der Waals surface area contributed by atoms with Crippen molar-refractivity contribution in [3.63, 3.8) is 0 Å². The predicted octanol–water partition coefficient (Wildman–Crippen LogP) is 10.8. The van der Waals surface area contributed by atoms with E-state index in [0.29, 0.717) is 23.7 Å². The summed E-state index contributed by atoms with van der Waals surface area (Å²) in [4.78, 5) is 25.7. The molecule has 0 aliphatic heterocycles. The van der Waals surface area contributed by atoms with Gasteiger partial charge in [0.1, 0.15) is 0 Å². The molecule has 0 radical (unpaired) electrons. The van der Waals surface area contributed by atoms with Gasteiger partial charge < -0.3 is 9.47 Å². The van der Waals surface area contributed by atoms with Crippen molar-refractivity contribution in [3.8, 4) is 0 Å². The summed E-state index contributed by atoms with van der Waals surface area (Å²) >= 11 is 3.45. The van der Waals surface area contributed by atoms with Crippen molar-refractivity contribution in [2.24, 2.45) is 29.6 Å². The van der Waals surface area contributed by atoms with Gasteiger partial charge >= 0.3 is 11.9 Å². The van der Waals surface area contributed by atoms with Crippen LogP contribution >= 0.6 is 23.5 Å². The lowest BCUT2D eigenvalue weighted by atomic mass is 9.88. The largest absolute Gasteiger partial charge is 0.469 e. The van der Waals surface area contributed by atoms with Gasteiger partial charge in [-0.15, -0.1) is 6.58 Å². The summed E-state index contributed by atoms with van der Waals surface area (Å²) in [5.41, 5.74) is 0.761. The smallest absolute Gasteiger partial charge is 0.333 e. The average Bonchev–Trinajstić information content (AvgIpc) is 3.04. The standard InChI is InChI=1S/2C19H26O2S/c2*1-5-16(19(20)21-4)11-12-17(15(2)3)13-14-22-18-9-7-6-8-10-18/h5-10,13-15,17H,11-12H2,1-4H3;5-10,13-17H,1,11-12H2,2-4H3/b14-13+,16-5-;14-13+/t17-;16?,17-/m11/s1. The van der Waals surface area contributed by atoms with Crippen LogP contribution in [0, 0.1) is 29.6 Å². The zero-order valence-corrected chi connectivity index (χ0v) is 29.2. The second-order valence-electron chi connectivity index (χ2n) is 11.1. The summed E-state index contributed by atoms with van der Waals surface area (Å²) in [5, 5.41) is 4.31. The lowest BCUT2D eigenvalue weighted by molar-refractivity contribution is -0.144. The molecule has 0 amide bonds. The fourth-order valence-electron chi connectivity index (χ4n) is 4.41. The van der Waals surface area contributed by atoms with E-state index in [1.807, 2.05) is 49.4 Å². The van der Waals surface area contributed by atoms with Gasteiger partial charge in [0.15, 0.2) is 0 Å². The number of esters is 2. The normalized spacial score (nSPS) is 13.8. The highest BCUT2D eigenvalue weighted by molar-refractivity contribution is 8.02. The minimum Gasteiger partial charge on any atom is -0.469 e. The Morgan fingerprint density at radius 1 is 0.750 bits per heavy atom. The molecule has 2 aromatic carbocycles. The highest BCUT2D eigenvalue weighted by Gasteiger charge is 2.18. The van der Waals surface area contributed by atoms with Crippen LogP contribution in [-0.2, 0) is 19.1 Å². The van der Waals surface area contributed by atoms with Crippen LogP contribution in [0.3, 0.4) is 0 Å². The maximum atomic E-state index is 11.6. The van der Waals surface area contributed by atoms with Crippen LogP contribution in [0.4, 0.5) is 0 Å². The number of hydrogen-bond acceptors (Lipinski definition) is 6. The quantitative estimate of drug-likeness (QED) is 0.0745. The van der Waals surface area contributed by atoms with Crippen LogP contribution in [0.1, 0.15) is 60.3 Å². The molecule has 0 aliphatic rings. The molecule has 3 atom stereocenters. The van der Waals surface area contributed by atoms with E-state index in [4.69, 9.17) is 9.47 Å². The van der Waals surface area contributed by atoms with E-state index in [1.165, 1.54) is 24.0 Å². The van der Waals surface area contributed by atoms with Gasteiger partial charge in [0.2, 0.25) is 0 Å². The maximum absolute atomic E-state index is 11.6. The second kappa shape index (κ2) is 23.4. The molecule has 0 saturated heterocycles. The molecule has 0 heterocycles. The number of carbonyl (C=O) groups excluding carboxylic acids is 2. The molecule has 0 N–H and O–H groups in total. The van der Waals surface area contributed by atoms with Crippen LogP contribution in [0.5, 0.6) is 0 Å². The summed E-state index contributed by atoms with van der Waals surface area (Å²) in [6.45, 7) is 14.5. The Hall–Kier alpha value is -2.96. The van der Waals surface area contributed by atoms with Crippen molar-refractivity contribution in [3.05, 3.63) is 108 Å². The number of ether oxygens (including phenoxy) is 2. The zero-order chi connectivity index (χ0) is 32.7. The molecule has 4 nitrogen and oxygen atoms in total. The minimum absolute atomic E-state index is 0.194. The molecule has 0 bridgehead atoms. The lowest BCUT2D eigenvalue weighted by Crippen LogP contribution is -2.16. The number of carbonyl (C=O) groups is 2. The third kappa shape index (κ3) is 16.2. The van der Waals surface area contributed by atoms with Gasteiger partial charge in [-0.05, 0) is 91.4 Å². The number of rotatable bonds is 17. The van der Waals surface area contributed by atoms with E-state index >= 15 is 0 Å². The van der Waals surface area contributed by atoms with Gasteiger partial charge in [0.05, 0.1) is 20.1 Å². The number of thioether (sulfide) groups is 2. The topological polar surface area (TPSA) is 52.6 Å². The Balaban J connectivity index is 0.000000440. The fourth-order valence-corrected chi connectivity index (χ4v) is 5.92. The second-order valence-corrected chi connectivity index (χ2v) is 13.1. The zero-order valence-electron chi connectivity index (χ0n) is 27.6. The summed E-state index contributed by atoms with van der Waals surface area (Å²) in [6.07, 6.45) is 11.5. The van der Waals surface area contributed by atoms with Crippen LogP contribution in [0.15, 0.2) is 118 Å². The van der Waals surface area contributed by atoms with Crippen LogP contribution < -0.4 is 0 Å². The van der Waals surface area contributed by atoms with Crippen molar-refractivity contribution >= 4 is 35.5 Å². The summed E-state index contributed by atoms with van der Waals surface area (Å²) in [5.74, 6) is 1.37. The molecule has 2 aromatic rings.